The summed E-state index contributed by atoms with van der Waals surface area (Å²) in [5, 5.41) is 7.34. The largest absolute Gasteiger partial charge is 0.493 e. The maximum absolute atomic E-state index is 13.0. The van der Waals surface area contributed by atoms with Gasteiger partial charge in [-0.25, -0.2) is 0 Å². The number of methoxy groups -OCH3 is 2. The second kappa shape index (κ2) is 10.9. The number of carbonyl (C=O) groups is 2. The summed E-state index contributed by atoms with van der Waals surface area (Å²) in [5.74, 6) is 0.718. The molecule has 3 aromatic rings. The Morgan fingerprint density at radius 2 is 1.82 bits per heavy atom. The monoisotopic (exact) mass is 472 g/mol. The molecule has 8 nitrogen and oxygen atoms in total. The molecule has 0 fully saturated rings. The van der Waals surface area contributed by atoms with Gasteiger partial charge in [0.1, 0.15) is 12.4 Å². The molecule has 1 unspecified atom stereocenters. The van der Waals surface area contributed by atoms with Gasteiger partial charge in [0.2, 0.25) is 0 Å². The number of esters is 1. The summed E-state index contributed by atoms with van der Waals surface area (Å²) in [6.07, 6.45) is -0.0281. The van der Waals surface area contributed by atoms with Crippen LogP contribution in [-0.4, -0.2) is 31.3 Å². The van der Waals surface area contributed by atoms with Crippen LogP contribution in [0.2, 0.25) is 5.02 Å². The molecule has 1 amide bonds. The highest BCUT2D eigenvalue weighted by Gasteiger charge is 2.21. The molecule has 0 bridgehead atoms. The van der Waals surface area contributed by atoms with Crippen molar-refractivity contribution in [3.63, 3.8) is 0 Å². The molecule has 0 aliphatic carbocycles. The fourth-order valence-corrected chi connectivity index (χ4v) is 3.35. The number of rotatable bonds is 9. The molecule has 9 heteroatoms. The van der Waals surface area contributed by atoms with Gasteiger partial charge in [0, 0.05) is 10.6 Å². The summed E-state index contributed by atoms with van der Waals surface area (Å²) in [4.78, 5) is 24.9. The van der Waals surface area contributed by atoms with E-state index in [0.29, 0.717) is 27.8 Å². The molecular weight excluding hydrogens is 448 g/mol. The summed E-state index contributed by atoms with van der Waals surface area (Å²) in [6, 6.07) is 11.2. The first-order chi connectivity index (χ1) is 15.8. The molecule has 33 heavy (non-hydrogen) atoms. The van der Waals surface area contributed by atoms with Crippen molar-refractivity contribution < 1.29 is 28.3 Å². The molecule has 1 atom stereocenters. The lowest BCUT2D eigenvalue weighted by molar-refractivity contribution is -0.141. The molecule has 2 aromatic carbocycles. The molecule has 0 spiro atoms. The Labute approximate surface area is 196 Å². The predicted octanol–water partition coefficient (Wildman–Crippen LogP) is 4.57. The van der Waals surface area contributed by atoms with Crippen molar-refractivity contribution in [3.05, 3.63) is 75.6 Å². The van der Waals surface area contributed by atoms with E-state index in [1.54, 1.807) is 42.5 Å². The lowest BCUT2D eigenvalue weighted by atomic mass is 10.0. The van der Waals surface area contributed by atoms with Crippen LogP contribution in [0.15, 0.2) is 47.0 Å². The second-order valence-electron chi connectivity index (χ2n) is 7.31. The third-order valence-corrected chi connectivity index (χ3v) is 5.41. The second-order valence-corrected chi connectivity index (χ2v) is 7.75. The van der Waals surface area contributed by atoms with Crippen LogP contribution in [0.25, 0.3) is 0 Å². The van der Waals surface area contributed by atoms with Gasteiger partial charge in [0.05, 0.1) is 37.9 Å². The van der Waals surface area contributed by atoms with Gasteiger partial charge in [-0.3, -0.25) is 9.59 Å². The third kappa shape index (κ3) is 6.04. The summed E-state index contributed by atoms with van der Waals surface area (Å²) in [6.45, 7) is 3.90. The third-order valence-electron chi connectivity index (χ3n) is 5.16. The van der Waals surface area contributed by atoms with E-state index in [0.717, 1.165) is 16.8 Å². The van der Waals surface area contributed by atoms with E-state index in [9.17, 15) is 9.59 Å². The zero-order valence-electron chi connectivity index (χ0n) is 18.8. The number of amides is 1. The molecule has 0 saturated carbocycles. The van der Waals surface area contributed by atoms with Crippen molar-refractivity contribution >= 4 is 23.5 Å². The molecule has 174 valence electrons. The number of hydrogen-bond acceptors (Lipinski definition) is 7. The number of aromatic nitrogens is 1. The SMILES string of the molecule is COC(=O)CC(NC(=O)c1ccc(OCc2c(C)noc2C)c(OC)c1)c1ccc(Cl)cc1. The van der Waals surface area contributed by atoms with Crippen LogP contribution in [0.5, 0.6) is 11.5 Å². The van der Waals surface area contributed by atoms with E-state index >= 15 is 0 Å². The Hall–Kier alpha value is -3.52. The first kappa shape index (κ1) is 24.1. The fourth-order valence-electron chi connectivity index (χ4n) is 3.22. The minimum absolute atomic E-state index is 0.0281. The highest BCUT2D eigenvalue weighted by Crippen LogP contribution is 2.30. The van der Waals surface area contributed by atoms with Crippen LogP contribution in [-0.2, 0) is 16.1 Å². The minimum Gasteiger partial charge on any atom is -0.493 e. The number of ether oxygens (including phenoxy) is 3. The lowest BCUT2D eigenvalue weighted by Crippen LogP contribution is -2.30. The first-order valence-electron chi connectivity index (χ1n) is 10.2. The summed E-state index contributed by atoms with van der Waals surface area (Å²) in [7, 11) is 2.79. The first-order valence-corrected chi connectivity index (χ1v) is 10.6. The lowest BCUT2D eigenvalue weighted by Gasteiger charge is -2.19. The number of aryl methyl sites for hydroxylation is 2. The van der Waals surface area contributed by atoms with Crippen LogP contribution >= 0.6 is 11.6 Å². The average molecular weight is 473 g/mol. The zero-order chi connectivity index (χ0) is 24.0. The number of nitrogens with one attached hydrogen (secondary N) is 1. The van der Waals surface area contributed by atoms with Crippen molar-refractivity contribution in [3.8, 4) is 11.5 Å². The smallest absolute Gasteiger partial charge is 0.307 e. The molecule has 1 heterocycles. The van der Waals surface area contributed by atoms with Gasteiger partial charge in [-0.2, -0.15) is 0 Å². The Morgan fingerprint density at radius 3 is 2.42 bits per heavy atom. The Bertz CT molecular complexity index is 1110. The number of nitrogens with zero attached hydrogens (tertiary/aromatic N) is 1. The molecule has 1 aromatic heterocycles. The van der Waals surface area contributed by atoms with Crippen LogP contribution in [0.4, 0.5) is 0 Å². The Balaban J connectivity index is 1.77. The molecule has 0 saturated heterocycles. The molecule has 1 N–H and O–H groups in total. The molecule has 3 rings (SSSR count). The minimum atomic E-state index is -0.594. The van der Waals surface area contributed by atoms with Crippen LogP contribution in [0.3, 0.4) is 0 Å². The number of carbonyl (C=O) groups excluding carboxylic acids is 2. The van der Waals surface area contributed by atoms with Gasteiger partial charge in [-0.15, -0.1) is 0 Å². The van der Waals surface area contributed by atoms with Crippen LogP contribution < -0.4 is 14.8 Å². The van der Waals surface area contributed by atoms with Gasteiger partial charge in [0.15, 0.2) is 11.5 Å². The van der Waals surface area contributed by atoms with Gasteiger partial charge in [-0.05, 0) is 49.7 Å². The molecule has 0 radical (unpaired) electrons. The number of hydrogen-bond donors (Lipinski definition) is 1. The highest BCUT2D eigenvalue weighted by molar-refractivity contribution is 6.30. The van der Waals surface area contributed by atoms with E-state index in [4.69, 9.17) is 30.3 Å². The average Bonchev–Trinajstić information content (AvgIpc) is 3.14. The van der Waals surface area contributed by atoms with E-state index < -0.39 is 12.0 Å². The zero-order valence-corrected chi connectivity index (χ0v) is 19.6. The maximum atomic E-state index is 13.0. The van der Waals surface area contributed by atoms with Gasteiger partial charge < -0.3 is 24.1 Å². The van der Waals surface area contributed by atoms with Crippen molar-refractivity contribution in [2.75, 3.05) is 14.2 Å². The van der Waals surface area contributed by atoms with E-state index in [1.807, 2.05) is 13.8 Å². The molecule has 0 aliphatic heterocycles. The Morgan fingerprint density at radius 1 is 1.09 bits per heavy atom. The van der Waals surface area contributed by atoms with Crippen molar-refractivity contribution in [1.29, 1.82) is 0 Å². The van der Waals surface area contributed by atoms with Gasteiger partial charge >= 0.3 is 5.97 Å². The standard InChI is InChI=1S/C24H25ClN2O6/c1-14-19(15(2)33-27-14)13-32-21-10-7-17(11-22(21)30-3)24(29)26-20(12-23(28)31-4)16-5-8-18(25)9-6-16/h5-11,20H,12-13H2,1-4H3,(H,26,29). The maximum Gasteiger partial charge on any atom is 0.307 e. The summed E-state index contributed by atoms with van der Waals surface area (Å²) in [5.41, 5.74) is 2.68. The summed E-state index contributed by atoms with van der Waals surface area (Å²) >= 11 is 5.96. The Kier molecular flexibility index (Phi) is 7.95. The highest BCUT2D eigenvalue weighted by atomic mass is 35.5. The van der Waals surface area contributed by atoms with Crippen LogP contribution in [0.1, 0.15) is 45.4 Å². The van der Waals surface area contributed by atoms with Gasteiger partial charge in [-0.1, -0.05) is 28.9 Å². The van der Waals surface area contributed by atoms with E-state index in [2.05, 4.69) is 10.5 Å². The predicted molar refractivity (Wildman–Crippen MR) is 122 cm³/mol. The fraction of sp³-hybridized carbons (Fsp3) is 0.292. The van der Waals surface area contributed by atoms with Crippen molar-refractivity contribution in [2.45, 2.75) is 32.9 Å². The number of benzene rings is 2. The van der Waals surface area contributed by atoms with Gasteiger partial charge in [0.25, 0.3) is 5.91 Å². The van der Waals surface area contributed by atoms with Crippen LogP contribution in [0, 0.1) is 13.8 Å². The van der Waals surface area contributed by atoms with E-state index in [1.165, 1.54) is 14.2 Å². The summed E-state index contributed by atoms with van der Waals surface area (Å²) < 4.78 is 21.2. The quantitative estimate of drug-likeness (QED) is 0.455. The topological polar surface area (TPSA) is 99.9 Å². The normalized spacial score (nSPS) is 11.5. The van der Waals surface area contributed by atoms with Crippen molar-refractivity contribution in [1.82, 2.24) is 10.5 Å². The molecular formula is C24H25ClN2O6. The molecule has 0 aliphatic rings. The van der Waals surface area contributed by atoms with Crippen molar-refractivity contribution in [2.24, 2.45) is 0 Å². The number of halogens is 1. The van der Waals surface area contributed by atoms with E-state index in [-0.39, 0.29) is 18.9 Å².